The Morgan fingerprint density at radius 3 is 2.66 bits per heavy atom. The molecule has 0 unspecified atom stereocenters. The number of anilines is 1. The Morgan fingerprint density at radius 1 is 1.22 bits per heavy atom. The molecule has 1 saturated heterocycles. The molecule has 6 heteroatoms. The van der Waals surface area contributed by atoms with Crippen molar-refractivity contribution in [1.82, 2.24) is 10.6 Å². The quantitative estimate of drug-likeness (QED) is 0.741. The smallest absolute Gasteiger partial charge is 0.238 e. The number of fused-ring (bicyclic) bond motifs is 3. The average Bonchev–Trinajstić information content (AvgIpc) is 3.52. The van der Waals surface area contributed by atoms with Crippen molar-refractivity contribution in [3.8, 4) is 17.2 Å². The number of amides is 2. The van der Waals surface area contributed by atoms with E-state index in [1.165, 1.54) is 0 Å². The standard InChI is InChI=1S/C26H28N4O2/c1-2-30-23-13-18(7-8-19(23)14-24(30)31)17-5-3-16(4-6-17)11-22(15-27)29-26(32)25-20-9-10-21(12-20)28-25/h3-8,13,20-22,25,28H,2,9-12,14H2,1H3,(H,29,32)/t20-,21+,22-,25-/m0/s1. The van der Waals surface area contributed by atoms with Crippen LogP contribution in [0.4, 0.5) is 5.69 Å². The molecule has 3 aliphatic rings. The molecule has 1 aliphatic carbocycles. The van der Waals surface area contributed by atoms with Gasteiger partial charge in [-0.1, -0.05) is 36.4 Å². The molecule has 4 atom stereocenters. The monoisotopic (exact) mass is 428 g/mol. The van der Waals surface area contributed by atoms with Crippen LogP contribution >= 0.6 is 0 Å². The molecule has 0 spiro atoms. The highest BCUT2D eigenvalue weighted by Crippen LogP contribution is 2.35. The summed E-state index contributed by atoms with van der Waals surface area (Å²) in [4.78, 5) is 26.6. The van der Waals surface area contributed by atoms with Gasteiger partial charge >= 0.3 is 0 Å². The first-order valence-electron chi connectivity index (χ1n) is 11.5. The van der Waals surface area contributed by atoms with Crippen LogP contribution in [-0.2, 0) is 22.4 Å². The number of nitrogens with one attached hydrogen (secondary N) is 2. The number of benzene rings is 2. The number of rotatable bonds is 6. The molecule has 2 fully saturated rings. The Balaban J connectivity index is 1.25. The highest BCUT2D eigenvalue weighted by molar-refractivity contribution is 6.02. The van der Waals surface area contributed by atoms with Crippen molar-refractivity contribution in [2.45, 2.75) is 57.2 Å². The van der Waals surface area contributed by atoms with Crippen LogP contribution in [0.5, 0.6) is 0 Å². The highest BCUT2D eigenvalue weighted by atomic mass is 16.2. The SMILES string of the molecule is CCN1C(=O)Cc2ccc(-c3ccc(C[C@@H](C#N)NC(=O)[C@H]4N[C@@H]5CC[C@H]4C5)cc3)cc21. The minimum absolute atomic E-state index is 0.0477. The predicted octanol–water partition coefficient (Wildman–Crippen LogP) is 2.95. The van der Waals surface area contributed by atoms with Gasteiger partial charge in [0.1, 0.15) is 6.04 Å². The summed E-state index contributed by atoms with van der Waals surface area (Å²) in [5.74, 6) is 0.513. The lowest BCUT2D eigenvalue weighted by molar-refractivity contribution is -0.124. The fourth-order valence-corrected chi connectivity index (χ4v) is 5.49. The molecule has 2 aliphatic heterocycles. The molecule has 1 saturated carbocycles. The zero-order chi connectivity index (χ0) is 22.2. The van der Waals surface area contributed by atoms with Gasteiger partial charge in [0.25, 0.3) is 0 Å². The van der Waals surface area contributed by atoms with Crippen LogP contribution in [0.3, 0.4) is 0 Å². The molecule has 2 amide bonds. The normalized spacial score (nSPS) is 24.3. The molecule has 164 valence electrons. The van der Waals surface area contributed by atoms with E-state index >= 15 is 0 Å². The molecule has 2 N–H and O–H groups in total. The van der Waals surface area contributed by atoms with Gasteiger partial charge in [0.15, 0.2) is 0 Å². The third-order valence-corrected chi connectivity index (χ3v) is 7.18. The number of carbonyl (C=O) groups is 2. The van der Waals surface area contributed by atoms with Crippen LogP contribution in [0.25, 0.3) is 11.1 Å². The van der Waals surface area contributed by atoms with Gasteiger partial charge in [-0.2, -0.15) is 5.26 Å². The van der Waals surface area contributed by atoms with E-state index in [1.54, 1.807) is 0 Å². The summed E-state index contributed by atoms with van der Waals surface area (Å²) >= 11 is 0. The van der Waals surface area contributed by atoms with Gasteiger partial charge in [-0.05, 0) is 60.4 Å². The van der Waals surface area contributed by atoms with E-state index in [2.05, 4.69) is 28.8 Å². The van der Waals surface area contributed by atoms with Crippen LogP contribution in [0, 0.1) is 17.2 Å². The molecule has 2 aromatic carbocycles. The average molecular weight is 429 g/mol. The number of nitriles is 1. The zero-order valence-corrected chi connectivity index (χ0v) is 18.3. The maximum absolute atomic E-state index is 12.6. The van der Waals surface area contributed by atoms with Crippen LogP contribution in [0.2, 0.25) is 0 Å². The van der Waals surface area contributed by atoms with Crippen LogP contribution in [0.1, 0.15) is 37.3 Å². The number of hydrogen-bond acceptors (Lipinski definition) is 4. The van der Waals surface area contributed by atoms with Crippen molar-refractivity contribution < 1.29 is 9.59 Å². The molecule has 6 nitrogen and oxygen atoms in total. The van der Waals surface area contributed by atoms with E-state index in [-0.39, 0.29) is 17.9 Å². The van der Waals surface area contributed by atoms with E-state index in [0.29, 0.717) is 31.3 Å². The molecule has 0 aromatic heterocycles. The lowest BCUT2D eigenvalue weighted by Gasteiger charge is -2.23. The Kier molecular flexibility index (Phi) is 5.44. The third kappa shape index (κ3) is 3.78. The van der Waals surface area contributed by atoms with Gasteiger partial charge in [0, 0.05) is 24.7 Å². The third-order valence-electron chi connectivity index (χ3n) is 7.18. The fourth-order valence-electron chi connectivity index (χ4n) is 5.49. The number of carbonyl (C=O) groups excluding carboxylic acids is 2. The van der Waals surface area contributed by atoms with Gasteiger partial charge in [-0.15, -0.1) is 0 Å². The zero-order valence-electron chi connectivity index (χ0n) is 18.3. The van der Waals surface area contributed by atoms with E-state index in [0.717, 1.165) is 47.2 Å². The van der Waals surface area contributed by atoms with E-state index in [1.807, 2.05) is 42.2 Å². The molecule has 0 radical (unpaired) electrons. The van der Waals surface area contributed by atoms with Gasteiger partial charge < -0.3 is 15.5 Å². The Bertz CT molecular complexity index is 1090. The summed E-state index contributed by atoms with van der Waals surface area (Å²) in [6, 6.07) is 16.3. The second kappa shape index (κ2) is 8.40. The van der Waals surface area contributed by atoms with Crippen molar-refractivity contribution in [3.05, 3.63) is 53.6 Å². The summed E-state index contributed by atoms with van der Waals surface area (Å²) in [6.45, 7) is 2.67. The summed E-state index contributed by atoms with van der Waals surface area (Å²) in [6.07, 6.45) is 4.28. The number of likely N-dealkylation sites (N-methyl/N-ethyl adjacent to an activating group) is 1. The van der Waals surface area contributed by atoms with Crippen LogP contribution in [-0.4, -0.2) is 36.5 Å². The first-order valence-corrected chi connectivity index (χ1v) is 11.5. The minimum Gasteiger partial charge on any atom is -0.339 e. The number of nitrogens with zero attached hydrogens (tertiary/aromatic N) is 2. The second-order valence-corrected chi connectivity index (χ2v) is 9.16. The summed E-state index contributed by atoms with van der Waals surface area (Å²) < 4.78 is 0. The Morgan fingerprint density at radius 2 is 2.00 bits per heavy atom. The van der Waals surface area contributed by atoms with Crippen molar-refractivity contribution in [3.63, 3.8) is 0 Å². The van der Waals surface area contributed by atoms with Crippen LogP contribution in [0.15, 0.2) is 42.5 Å². The lowest BCUT2D eigenvalue weighted by atomic mass is 9.97. The van der Waals surface area contributed by atoms with Crippen LogP contribution < -0.4 is 15.5 Å². The molecule has 32 heavy (non-hydrogen) atoms. The fraction of sp³-hybridized carbons (Fsp3) is 0.423. The van der Waals surface area contributed by atoms with Gasteiger partial charge in [-0.3, -0.25) is 9.59 Å². The maximum Gasteiger partial charge on any atom is 0.238 e. The van der Waals surface area contributed by atoms with E-state index in [4.69, 9.17) is 0 Å². The van der Waals surface area contributed by atoms with Gasteiger partial charge in [0.05, 0.1) is 18.5 Å². The van der Waals surface area contributed by atoms with E-state index in [9.17, 15) is 14.9 Å². The molecule has 2 bridgehead atoms. The Hall–Kier alpha value is -3.17. The van der Waals surface area contributed by atoms with E-state index < -0.39 is 6.04 Å². The van der Waals surface area contributed by atoms with Crippen molar-refractivity contribution in [2.24, 2.45) is 5.92 Å². The summed E-state index contributed by atoms with van der Waals surface area (Å²) in [5, 5.41) is 15.9. The predicted molar refractivity (Wildman–Crippen MR) is 123 cm³/mol. The first-order chi connectivity index (χ1) is 15.6. The first kappa shape index (κ1) is 20.7. The van der Waals surface area contributed by atoms with Crippen molar-refractivity contribution >= 4 is 17.5 Å². The minimum atomic E-state index is -0.543. The summed E-state index contributed by atoms with van der Waals surface area (Å²) in [5.41, 5.74) is 5.22. The highest BCUT2D eigenvalue weighted by Gasteiger charge is 2.43. The topological polar surface area (TPSA) is 85.2 Å². The lowest BCUT2D eigenvalue weighted by Crippen LogP contribution is -2.50. The Labute approximate surface area is 188 Å². The van der Waals surface area contributed by atoms with Crippen molar-refractivity contribution in [2.75, 3.05) is 11.4 Å². The molecule has 2 aromatic rings. The second-order valence-electron chi connectivity index (χ2n) is 9.16. The van der Waals surface area contributed by atoms with Gasteiger partial charge in [-0.25, -0.2) is 0 Å². The maximum atomic E-state index is 12.6. The largest absolute Gasteiger partial charge is 0.339 e. The van der Waals surface area contributed by atoms with Crippen molar-refractivity contribution in [1.29, 1.82) is 5.26 Å². The number of hydrogen-bond donors (Lipinski definition) is 2. The molecular formula is C26H28N4O2. The molecule has 5 rings (SSSR count). The summed E-state index contributed by atoms with van der Waals surface area (Å²) in [7, 11) is 0. The van der Waals surface area contributed by atoms with Gasteiger partial charge in [0.2, 0.25) is 11.8 Å². The number of piperidine rings is 1. The molecular weight excluding hydrogens is 400 g/mol. The molecule has 2 heterocycles.